The second-order valence-corrected chi connectivity index (χ2v) is 9.27. The number of anilines is 1. The second kappa shape index (κ2) is 12.4. The van der Waals surface area contributed by atoms with Crippen molar-refractivity contribution >= 4 is 51.2 Å². The molecule has 2 aromatic rings. The Morgan fingerprint density at radius 2 is 1.86 bits per heavy atom. The number of hydrogen-bond acceptors (Lipinski definition) is 7. The first-order chi connectivity index (χ1) is 16.9. The molecule has 182 valence electrons. The smallest absolute Gasteiger partial charge is 0.319 e. The van der Waals surface area contributed by atoms with Gasteiger partial charge in [-0.1, -0.05) is 45.9 Å². The first-order valence-electron chi connectivity index (χ1n) is 10.9. The van der Waals surface area contributed by atoms with Gasteiger partial charge in [0.1, 0.15) is 11.7 Å². The van der Waals surface area contributed by atoms with Crippen LogP contribution in [0.25, 0.3) is 0 Å². The van der Waals surface area contributed by atoms with Gasteiger partial charge in [-0.05, 0) is 44.2 Å². The highest BCUT2D eigenvalue weighted by Gasteiger charge is 2.45. The molecule has 0 aromatic heterocycles. The topological polar surface area (TPSA) is 118 Å². The zero-order chi connectivity index (χ0) is 25.4. The number of esters is 1. The zero-order valence-electron chi connectivity index (χ0n) is 19.2. The van der Waals surface area contributed by atoms with E-state index in [0.717, 1.165) is 16.2 Å². The Kier molecular flexibility index (Phi) is 9.34. The molecule has 3 rings (SSSR count). The van der Waals surface area contributed by atoms with Gasteiger partial charge in [0.2, 0.25) is 11.8 Å². The van der Waals surface area contributed by atoms with Crippen LogP contribution in [0.4, 0.5) is 5.69 Å². The minimum atomic E-state index is -1.27. The van der Waals surface area contributed by atoms with Crippen LogP contribution >= 0.6 is 27.7 Å². The number of amides is 2. The van der Waals surface area contributed by atoms with Crippen LogP contribution in [0.15, 0.2) is 63.6 Å². The summed E-state index contributed by atoms with van der Waals surface area (Å²) in [7, 11) is 0. The molecule has 0 aliphatic carbocycles. The number of rotatable bonds is 9. The Morgan fingerprint density at radius 1 is 1.14 bits per heavy atom. The largest absolute Gasteiger partial charge is 0.494 e. The van der Waals surface area contributed by atoms with E-state index in [2.05, 4.69) is 32.6 Å². The van der Waals surface area contributed by atoms with Gasteiger partial charge in [-0.25, -0.2) is 0 Å². The van der Waals surface area contributed by atoms with Gasteiger partial charge < -0.3 is 20.1 Å². The molecule has 35 heavy (non-hydrogen) atoms. The van der Waals surface area contributed by atoms with Crippen LogP contribution in [0, 0.1) is 17.2 Å². The van der Waals surface area contributed by atoms with Gasteiger partial charge in [0.25, 0.3) is 0 Å². The number of nitrogens with zero attached hydrogens (tertiary/aromatic N) is 1. The van der Waals surface area contributed by atoms with Gasteiger partial charge in [-0.15, -0.1) is 0 Å². The van der Waals surface area contributed by atoms with Crippen molar-refractivity contribution in [3.8, 4) is 11.8 Å². The lowest BCUT2D eigenvalue weighted by atomic mass is 9.78. The van der Waals surface area contributed by atoms with Gasteiger partial charge in [-0.2, -0.15) is 5.26 Å². The average molecular weight is 558 g/mol. The fourth-order valence-corrected chi connectivity index (χ4v) is 4.77. The Hall–Kier alpha value is -3.29. The molecular weight excluding hydrogens is 534 g/mol. The molecule has 1 heterocycles. The molecule has 1 aliphatic heterocycles. The molecule has 2 amide bonds. The molecule has 10 heteroatoms. The summed E-state index contributed by atoms with van der Waals surface area (Å²) in [6.45, 7) is 3.92. The molecule has 2 N–H and O–H groups in total. The predicted molar refractivity (Wildman–Crippen MR) is 136 cm³/mol. The molecule has 0 radical (unpaired) electrons. The van der Waals surface area contributed by atoms with Crippen molar-refractivity contribution in [3.63, 3.8) is 0 Å². The Bertz CT molecular complexity index is 1180. The maximum Gasteiger partial charge on any atom is 0.319 e. The first-order valence-corrected chi connectivity index (χ1v) is 12.7. The molecule has 2 aromatic carbocycles. The quantitative estimate of drug-likeness (QED) is 0.347. The third-order valence-corrected chi connectivity index (χ3v) is 6.64. The van der Waals surface area contributed by atoms with Gasteiger partial charge in [-0.3, -0.25) is 14.4 Å². The summed E-state index contributed by atoms with van der Waals surface area (Å²) < 4.78 is 11.8. The highest BCUT2D eigenvalue weighted by molar-refractivity contribution is 9.10. The number of nitriles is 1. The number of carbonyl (C=O) groups is 3. The van der Waals surface area contributed by atoms with Crippen LogP contribution in [0.1, 0.15) is 25.3 Å². The minimum absolute atomic E-state index is 0.0548. The van der Waals surface area contributed by atoms with E-state index < -0.39 is 23.7 Å². The summed E-state index contributed by atoms with van der Waals surface area (Å²) in [5.74, 6) is -3.43. The standard InChI is InChI=1S/C25H24BrN3O5S/c1-3-33-19-8-6-5-7-17(19)21-18(13-27)24(29-23(31)22(21)25(32)34-4-2)35-14-20(30)28-16-11-9-15(26)10-12-16/h5-12,21-22H,3-4,14H2,1-2H3,(H,28,30)(H,29,31). The van der Waals surface area contributed by atoms with E-state index in [0.29, 0.717) is 23.6 Å². The van der Waals surface area contributed by atoms with Crippen LogP contribution in [0.2, 0.25) is 0 Å². The summed E-state index contributed by atoms with van der Waals surface area (Å²) in [5, 5.41) is 15.7. The van der Waals surface area contributed by atoms with Gasteiger partial charge in [0.05, 0.1) is 35.6 Å². The van der Waals surface area contributed by atoms with Crippen molar-refractivity contribution in [3.05, 3.63) is 69.2 Å². The Balaban J connectivity index is 1.94. The third-order valence-electron chi connectivity index (χ3n) is 5.10. The maximum absolute atomic E-state index is 13.1. The molecule has 0 saturated carbocycles. The van der Waals surface area contributed by atoms with Crippen LogP contribution < -0.4 is 15.4 Å². The number of allylic oxidation sites excluding steroid dienone is 1. The number of carbonyl (C=O) groups excluding carboxylic acids is 3. The van der Waals surface area contributed by atoms with Crippen molar-refractivity contribution in [2.75, 3.05) is 24.3 Å². The maximum atomic E-state index is 13.1. The summed E-state index contributed by atoms with van der Waals surface area (Å²) in [6.07, 6.45) is 0. The van der Waals surface area contributed by atoms with Crippen LogP contribution in [0.5, 0.6) is 5.75 Å². The number of nitrogens with one attached hydrogen (secondary N) is 2. The average Bonchev–Trinajstić information content (AvgIpc) is 2.84. The summed E-state index contributed by atoms with van der Waals surface area (Å²) in [4.78, 5) is 38.4. The number of benzene rings is 2. The van der Waals surface area contributed by atoms with Crippen molar-refractivity contribution in [1.82, 2.24) is 5.32 Å². The first kappa shape index (κ1) is 26.3. The Labute approximate surface area is 216 Å². The lowest BCUT2D eigenvalue weighted by Gasteiger charge is -2.32. The van der Waals surface area contributed by atoms with E-state index in [1.54, 1.807) is 55.5 Å². The number of ether oxygens (including phenoxy) is 2. The van der Waals surface area contributed by atoms with Crippen LogP contribution in [-0.4, -0.2) is 36.8 Å². The van der Waals surface area contributed by atoms with E-state index in [-0.39, 0.29) is 28.9 Å². The van der Waals surface area contributed by atoms with E-state index in [1.807, 2.05) is 6.92 Å². The lowest BCUT2D eigenvalue weighted by Crippen LogP contribution is -2.44. The number of para-hydroxylation sites is 1. The molecular formula is C25H24BrN3O5S. The van der Waals surface area contributed by atoms with Crippen LogP contribution in [0.3, 0.4) is 0 Å². The lowest BCUT2D eigenvalue weighted by molar-refractivity contribution is -0.152. The number of thioether (sulfide) groups is 1. The summed E-state index contributed by atoms with van der Waals surface area (Å²) in [6, 6.07) is 16.2. The molecule has 0 saturated heterocycles. The summed E-state index contributed by atoms with van der Waals surface area (Å²) >= 11 is 4.36. The number of hydrogen-bond donors (Lipinski definition) is 2. The molecule has 0 spiro atoms. The molecule has 2 atom stereocenters. The third kappa shape index (κ3) is 6.44. The predicted octanol–water partition coefficient (Wildman–Crippen LogP) is 4.35. The van der Waals surface area contributed by atoms with E-state index in [4.69, 9.17) is 9.47 Å². The van der Waals surface area contributed by atoms with Crippen molar-refractivity contribution in [2.24, 2.45) is 5.92 Å². The zero-order valence-corrected chi connectivity index (χ0v) is 21.6. The molecule has 8 nitrogen and oxygen atoms in total. The van der Waals surface area contributed by atoms with E-state index in [9.17, 15) is 19.6 Å². The highest BCUT2D eigenvalue weighted by atomic mass is 79.9. The van der Waals surface area contributed by atoms with Gasteiger partial charge >= 0.3 is 5.97 Å². The Morgan fingerprint density at radius 3 is 2.51 bits per heavy atom. The normalized spacial score (nSPS) is 17.3. The molecule has 2 unspecified atom stereocenters. The molecule has 1 aliphatic rings. The van der Waals surface area contributed by atoms with Gasteiger partial charge in [0.15, 0.2) is 0 Å². The van der Waals surface area contributed by atoms with Crippen molar-refractivity contribution in [2.45, 2.75) is 19.8 Å². The molecule has 0 bridgehead atoms. The van der Waals surface area contributed by atoms with E-state index >= 15 is 0 Å². The SMILES string of the molecule is CCOC(=O)C1C(=O)NC(SCC(=O)Nc2ccc(Br)cc2)=C(C#N)C1c1ccccc1OCC. The van der Waals surface area contributed by atoms with Gasteiger partial charge in [0, 0.05) is 21.6 Å². The summed E-state index contributed by atoms with van der Waals surface area (Å²) in [5.41, 5.74) is 1.30. The number of halogens is 1. The second-order valence-electron chi connectivity index (χ2n) is 7.37. The van der Waals surface area contributed by atoms with E-state index in [1.165, 1.54) is 0 Å². The fourth-order valence-electron chi connectivity index (χ4n) is 3.65. The monoisotopic (exact) mass is 557 g/mol. The van der Waals surface area contributed by atoms with Crippen LogP contribution in [-0.2, 0) is 19.1 Å². The fraction of sp³-hybridized carbons (Fsp3) is 0.280. The van der Waals surface area contributed by atoms with Crippen molar-refractivity contribution < 1.29 is 23.9 Å². The van der Waals surface area contributed by atoms with Crippen molar-refractivity contribution in [1.29, 1.82) is 5.26 Å². The minimum Gasteiger partial charge on any atom is -0.494 e. The highest BCUT2D eigenvalue weighted by Crippen LogP contribution is 2.43. The molecule has 0 fully saturated rings.